The van der Waals surface area contributed by atoms with Crippen LogP contribution < -0.4 is 20.2 Å². The summed E-state index contributed by atoms with van der Waals surface area (Å²) < 4.78 is 10.9. The summed E-state index contributed by atoms with van der Waals surface area (Å²) in [5.74, 6) is -1.36. The highest BCUT2D eigenvalue weighted by Crippen LogP contribution is 2.25. The molecule has 4 aromatic rings. The molecule has 2 amide bonds. The predicted octanol–water partition coefficient (Wildman–Crippen LogP) is 4.30. The molecule has 2 N–H and O–H groups in total. The number of nitrogens with zero attached hydrogens (tertiary/aromatic N) is 3. The van der Waals surface area contributed by atoms with E-state index in [0.717, 1.165) is 23.3 Å². The summed E-state index contributed by atoms with van der Waals surface area (Å²) >= 11 is 1.15. The molecule has 38 heavy (non-hydrogen) atoms. The number of rotatable bonds is 9. The summed E-state index contributed by atoms with van der Waals surface area (Å²) in [6.45, 7) is 2.62. The Morgan fingerprint density at radius 2 is 1.61 bits per heavy atom. The van der Waals surface area contributed by atoms with Crippen LogP contribution in [0.4, 0.5) is 5.13 Å². The highest BCUT2D eigenvalue weighted by atomic mass is 32.1. The molecule has 4 rings (SSSR count). The minimum absolute atomic E-state index is 0.193. The fourth-order valence-electron chi connectivity index (χ4n) is 3.04. The number of carbonyl (C=O) groups is 3. The minimum atomic E-state index is -0.964. The van der Waals surface area contributed by atoms with E-state index in [1.165, 1.54) is 6.21 Å². The molecule has 0 atom stereocenters. The number of nitrogens with one attached hydrogen (secondary N) is 2. The fourth-order valence-corrected chi connectivity index (χ4v) is 3.78. The first-order valence-electron chi connectivity index (χ1n) is 11.6. The summed E-state index contributed by atoms with van der Waals surface area (Å²) in [4.78, 5) is 36.5. The smallest absolute Gasteiger partial charge is 0.343 e. The third-order valence-electron chi connectivity index (χ3n) is 4.91. The van der Waals surface area contributed by atoms with E-state index in [1.54, 1.807) is 48.5 Å². The maximum absolute atomic E-state index is 12.4. The van der Waals surface area contributed by atoms with Gasteiger partial charge in [-0.15, -0.1) is 10.2 Å². The molecule has 11 heteroatoms. The van der Waals surface area contributed by atoms with Crippen LogP contribution in [0, 0.1) is 0 Å². The maximum atomic E-state index is 12.4. The number of esters is 1. The van der Waals surface area contributed by atoms with Gasteiger partial charge in [0.2, 0.25) is 5.13 Å². The van der Waals surface area contributed by atoms with Crippen molar-refractivity contribution in [3.63, 3.8) is 0 Å². The molecule has 0 unspecified atom stereocenters. The third-order valence-corrected chi connectivity index (χ3v) is 5.79. The van der Waals surface area contributed by atoms with Gasteiger partial charge in [0.05, 0.1) is 18.4 Å². The van der Waals surface area contributed by atoms with Crippen molar-refractivity contribution >= 4 is 40.5 Å². The summed E-state index contributed by atoms with van der Waals surface area (Å²) in [7, 11) is 0. The van der Waals surface area contributed by atoms with Gasteiger partial charge in [0.15, 0.2) is 0 Å². The lowest BCUT2D eigenvalue weighted by atomic mass is 10.2. The van der Waals surface area contributed by atoms with Crippen molar-refractivity contribution < 1.29 is 23.9 Å². The molecule has 3 aromatic carbocycles. The number of anilines is 1. The minimum Gasteiger partial charge on any atom is -0.494 e. The van der Waals surface area contributed by atoms with E-state index in [4.69, 9.17) is 9.47 Å². The second kappa shape index (κ2) is 12.9. The van der Waals surface area contributed by atoms with Gasteiger partial charge >= 0.3 is 17.8 Å². The van der Waals surface area contributed by atoms with Crippen LogP contribution in [0.2, 0.25) is 0 Å². The number of hydrogen-bond donors (Lipinski definition) is 2. The first kappa shape index (κ1) is 26.2. The summed E-state index contributed by atoms with van der Waals surface area (Å²) in [6.07, 6.45) is 2.25. The maximum Gasteiger partial charge on any atom is 0.343 e. The lowest BCUT2D eigenvalue weighted by Crippen LogP contribution is -2.32. The molecule has 0 bridgehead atoms. The van der Waals surface area contributed by atoms with Crippen molar-refractivity contribution in [1.29, 1.82) is 0 Å². The van der Waals surface area contributed by atoms with E-state index in [0.29, 0.717) is 34.2 Å². The molecule has 1 aromatic heterocycles. The zero-order chi connectivity index (χ0) is 26.7. The van der Waals surface area contributed by atoms with Crippen LogP contribution in [0.1, 0.15) is 29.3 Å². The Morgan fingerprint density at radius 3 is 2.32 bits per heavy atom. The zero-order valence-electron chi connectivity index (χ0n) is 20.3. The zero-order valence-corrected chi connectivity index (χ0v) is 21.1. The van der Waals surface area contributed by atoms with Gasteiger partial charge in [0.25, 0.3) is 0 Å². The van der Waals surface area contributed by atoms with Crippen molar-refractivity contribution in [1.82, 2.24) is 15.6 Å². The molecule has 0 radical (unpaired) electrons. The molecular formula is C27H23N5O5S. The average molecular weight is 530 g/mol. The first-order chi connectivity index (χ1) is 18.5. The molecule has 0 aliphatic rings. The quantitative estimate of drug-likeness (QED) is 0.109. The van der Waals surface area contributed by atoms with Crippen LogP contribution in [0.5, 0.6) is 11.5 Å². The monoisotopic (exact) mass is 529 g/mol. The normalized spacial score (nSPS) is 10.7. The van der Waals surface area contributed by atoms with Crippen molar-refractivity contribution in [3.8, 4) is 22.1 Å². The van der Waals surface area contributed by atoms with Crippen molar-refractivity contribution in [2.45, 2.75) is 13.3 Å². The highest BCUT2D eigenvalue weighted by molar-refractivity contribution is 7.18. The third kappa shape index (κ3) is 7.31. The molecule has 0 aliphatic heterocycles. The Morgan fingerprint density at radius 1 is 0.895 bits per heavy atom. The molecule has 0 fully saturated rings. The van der Waals surface area contributed by atoms with Gasteiger partial charge in [-0.2, -0.15) is 5.10 Å². The molecule has 10 nitrogen and oxygen atoms in total. The Kier molecular flexibility index (Phi) is 8.87. The number of benzene rings is 3. The van der Waals surface area contributed by atoms with Gasteiger partial charge in [0.1, 0.15) is 16.5 Å². The van der Waals surface area contributed by atoms with Crippen molar-refractivity contribution in [2.75, 3.05) is 11.9 Å². The lowest BCUT2D eigenvalue weighted by Gasteiger charge is -2.07. The van der Waals surface area contributed by atoms with Crippen LogP contribution in [0.25, 0.3) is 10.6 Å². The molecule has 1 heterocycles. The van der Waals surface area contributed by atoms with Crippen LogP contribution in [0.15, 0.2) is 84.0 Å². The predicted molar refractivity (Wildman–Crippen MR) is 143 cm³/mol. The molecule has 192 valence electrons. The van der Waals surface area contributed by atoms with Crippen molar-refractivity contribution in [2.24, 2.45) is 5.10 Å². The van der Waals surface area contributed by atoms with Gasteiger partial charge < -0.3 is 9.47 Å². The van der Waals surface area contributed by atoms with E-state index in [2.05, 4.69) is 26.0 Å². The van der Waals surface area contributed by atoms with Crippen LogP contribution in [-0.2, 0) is 9.59 Å². The van der Waals surface area contributed by atoms with Crippen LogP contribution in [0.3, 0.4) is 0 Å². The summed E-state index contributed by atoms with van der Waals surface area (Å²) in [6, 6.07) is 22.5. The van der Waals surface area contributed by atoms with Gasteiger partial charge in [-0.05, 0) is 60.5 Å². The average Bonchev–Trinajstić information content (AvgIpc) is 3.42. The molecule has 0 spiro atoms. The van der Waals surface area contributed by atoms with E-state index >= 15 is 0 Å². The number of aromatic nitrogens is 2. The van der Waals surface area contributed by atoms with Crippen LogP contribution in [-0.4, -0.2) is 40.8 Å². The topological polar surface area (TPSA) is 132 Å². The number of hydrazone groups is 1. The second-order valence-corrected chi connectivity index (χ2v) is 8.74. The lowest BCUT2D eigenvalue weighted by molar-refractivity contribution is -0.136. The largest absolute Gasteiger partial charge is 0.494 e. The van der Waals surface area contributed by atoms with Gasteiger partial charge in [-0.25, -0.2) is 10.2 Å². The number of carbonyl (C=O) groups excluding carboxylic acids is 3. The summed E-state index contributed by atoms with van der Waals surface area (Å²) in [5.41, 5.74) is 4.01. The Hall–Kier alpha value is -4.90. The standard InChI is InChI=1S/C27H23N5O5S/c1-2-16-36-21-14-10-20(11-15-21)26(35)37-22-12-8-18(9-13-22)17-28-30-24(34)23(33)29-27-32-31-25(38-27)19-6-4-3-5-7-19/h3-15,17H,2,16H2,1H3,(H,30,34)(H,29,32,33). The van der Waals surface area contributed by atoms with Gasteiger partial charge in [-0.1, -0.05) is 48.6 Å². The van der Waals surface area contributed by atoms with E-state index in [1.807, 2.05) is 37.3 Å². The Bertz CT molecular complexity index is 1420. The molecule has 0 saturated heterocycles. The molecular weight excluding hydrogens is 506 g/mol. The number of ether oxygens (including phenoxy) is 2. The Balaban J connectivity index is 1.24. The molecule has 0 aliphatic carbocycles. The van der Waals surface area contributed by atoms with Gasteiger partial charge in [-0.3, -0.25) is 14.9 Å². The van der Waals surface area contributed by atoms with Crippen LogP contribution >= 0.6 is 11.3 Å². The summed E-state index contributed by atoms with van der Waals surface area (Å²) in [5, 5.41) is 14.9. The number of hydrogen-bond acceptors (Lipinski definition) is 9. The highest BCUT2D eigenvalue weighted by Gasteiger charge is 2.16. The molecule has 0 saturated carbocycles. The van der Waals surface area contributed by atoms with E-state index in [-0.39, 0.29) is 5.13 Å². The Labute approximate surface area is 222 Å². The first-order valence-corrected chi connectivity index (χ1v) is 12.4. The fraction of sp³-hybridized carbons (Fsp3) is 0.111. The van der Waals surface area contributed by atoms with E-state index < -0.39 is 17.8 Å². The second-order valence-electron chi connectivity index (χ2n) is 7.76. The van der Waals surface area contributed by atoms with Crippen molar-refractivity contribution in [3.05, 3.63) is 90.0 Å². The van der Waals surface area contributed by atoms with Gasteiger partial charge in [0, 0.05) is 5.56 Å². The number of amides is 2. The SMILES string of the molecule is CCCOc1ccc(C(=O)Oc2ccc(C=NNC(=O)C(=O)Nc3nnc(-c4ccccc4)s3)cc2)cc1. The van der Waals surface area contributed by atoms with E-state index in [9.17, 15) is 14.4 Å².